The van der Waals surface area contributed by atoms with Crippen molar-refractivity contribution in [2.45, 2.75) is 32.2 Å². The molecule has 0 bridgehead atoms. The molecule has 0 saturated heterocycles. The van der Waals surface area contributed by atoms with Crippen LogP contribution in [0.5, 0.6) is 0 Å². The third-order valence-electron chi connectivity index (χ3n) is 2.77. The summed E-state index contributed by atoms with van der Waals surface area (Å²) < 4.78 is 3.55. The molecule has 0 atom stereocenters. The Hall–Kier alpha value is -0.940. The lowest BCUT2D eigenvalue weighted by Crippen LogP contribution is -3.00. The number of carbonyl (C=O) groups is 1. The Morgan fingerprint density at radius 2 is 2.00 bits per heavy atom. The Labute approximate surface area is 121 Å². The Morgan fingerprint density at radius 1 is 1.22 bits per heavy atom. The highest BCUT2D eigenvalue weighted by molar-refractivity contribution is 7.16. The minimum atomic E-state index is -0.696. The fraction of sp³-hybridized carbons (Fsp3) is 0.385. The standard InChI is InChI=1S/C13H15NO2S.BrH/c15-13(16)8-2-1-5-9-14-10-17-12-7-4-3-6-11(12)14;/h3-4,6-7,10H,1-2,5,8-9H2;1H. The molecule has 98 valence electrons. The van der Waals surface area contributed by atoms with Gasteiger partial charge >= 0.3 is 5.97 Å². The second kappa shape index (κ2) is 7.48. The van der Waals surface area contributed by atoms with E-state index in [1.54, 1.807) is 11.3 Å². The van der Waals surface area contributed by atoms with Gasteiger partial charge in [0.1, 0.15) is 11.2 Å². The summed E-state index contributed by atoms with van der Waals surface area (Å²) in [5.41, 5.74) is 3.41. The van der Waals surface area contributed by atoms with Crippen LogP contribution in [0.1, 0.15) is 25.7 Å². The van der Waals surface area contributed by atoms with E-state index in [-0.39, 0.29) is 23.4 Å². The number of aromatic nitrogens is 1. The van der Waals surface area contributed by atoms with Crippen molar-refractivity contribution in [3.63, 3.8) is 0 Å². The molecular formula is C13H16BrNO2S. The number of nitrogens with zero attached hydrogens (tertiary/aromatic N) is 1. The molecule has 1 aromatic heterocycles. The molecule has 1 aromatic carbocycles. The highest BCUT2D eigenvalue weighted by Crippen LogP contribution is 2.15. The number of thiazole rings is 1. The summed E-state index contributed by atoms with van der Waals surface area (Å²) in [6.07, 6.45) is 3.08. The molecule has 0 amide bonds. The lowest BCUT2D eigenvalue weighted by Gasteiger charge is -1.96. The molecule has 0 fully saturated rings. The van der Waals surface area contributed by atoms with Gasteiger partial charge in [0.15, 0.2) is 0 Å². The van der Waals surface area contributed by atoms with Crippen LogP contribution in [0, 0.1) is 0 Å². The quantitative estimate of drug-likeness (QED) is 0.591. The summed E-state index contributed by atoms with van der Waals surface area (Å²) in [5.74, 6) is -0.696. The molecule has 0 aliphatic rings. The fourth-order valence-electron chi connectivity index (χ4n) is 1.88. The van der Waals surface area contributed by atoms with Crippen LogP contribution in [-0.4, -0.2) is 11.1 Å². The molecular weight excluding hydrogens is 314 g/mol. The first kappa shape index (κ1) is 15.1. The number of hydrogen-bond donors (Lipinski definition) is 1. The van der Waals surface area contributed by atoms with E-state index in [9.17, 15) is 4.79 Å². The molecule has 2 aromatic rings. The summed E-state index contributed by atoms with van der Waals surface area (Å²) in [6, 6.07) is 8.36. The maximum Gasteiger partial charge on any atom is 0.303 e. The smallest absolute Gasteiger partial charge is 0.303 e. The van der Waals surface area contributed by atoms with Crippen molar-refractivity contribution in [3.05, 3.63) is 29.8 Å². The van der Waals surface area contributed by atoms with E-state index in [0.29, 0.717) is 0 Å². The van der Waals surface area contributed by atoms with Gasteiger partial charge in [0.25, 0.3) is 0 Å². The summed E-state index contributed by atoms with van der Waals surface area (Å²) in [4.78, 5) is 10.4. The minimum absolute atomic E-state index is 0. The van der Waals surface area contributed by atoms with Crippen LogP contribution in [0.25, 0.3) is 10.2 Å². The van der Waals surface area contributed by atoms with Crippen molar-refractivity contribution < 1.29 is 31.4 Å². The highest BCUT2D eigenvalue weighted by Gasteiger charge is 2.09. The second-order valence-electron chi connectivity index (χ2n) is 4.09. The van der Waals surface area contributed by atoms with Crippen molar-refractivity contribution in [1.29, 1.82) is 0 Å². The number of aliphatic carboxylic acids is 1. The number of halogens is 1. The number of carboxylic acid groups (broad SMARTS) is 1. The molecule has 0 saturated carbocycles. The molecule has 3 nitrogen and oxygen atoms in total. The SMILES string of the molecule is O=C(O)CCCCC[n+]1csc2ccccc21.[Br-]. The van der Waals surface area contributed by atoms with E-state index in [1.165, 1.54) is 10.2 Å². The van der Waals surface area contributed by atoms with Crippen LogP contribution < -0.4 is 21.5 Å². The van der Waals surface area contributed by atoms with E-state index < -0.39 is 5.97 Å². The van der Waals surface area contributed by atoms with E-state index in [0.717, 1.165) is 25.8 Å². The first-order valence-electron chi connectivity index (χ1n) is 5.85. The molecule has 0 aliphatic carbocycles. The Morgan fingerprint density at radius 3 is 2.78 bits per heavy atom. The van der Waals surface area contributed by atoms with Crippen molar-refractivity contribution in [2.24, 2.45) is 0 Å². The number of fused-ring (bicyclic) bond motifs is 1. The van der Waals surface area contributed by atoms with Crippen molar-refractivity contribution in [3.8, 4) is 0 Å². The normalized spacial score (nSPS) is 10.2. The number of rotatable bonds is 6. The molecule has 0 aliphatic heterocycles. The largest absolute Gasteiger partial charge is 1.00 e. The number of hydrogen-bond acceptors (Lipinski definition) is 2. The Balaban J connectivity index is 0.00000162. The number of carboxylic acids is 1. The van der Waals surface area contributed by atoms with E-state index in [4.69, 9.17) is 5.11 Å². The Kier molecular flexibility index (Phi) is 6.29. The fourth-order valence-corrected chi connectivity index (χ4v) is 2.80. The monoisotopic (exact) mass is 329 g/mol. The summed E-state index contributed by atoms with van der Waals surface area (Å²) in [7, 11) is 0. The number of aryl methyl sites for hydroxylation is 1. The lowest BCUT2D eigenvalue weighted by atomic mass is 10.2. The lowest BCUT2D eigenvalue weighted by molar-refractivity contribution is -0.667. The van der Waals surface area contributed by atoms with Gasteiger partial charge in [-0.2, -0.15) is 4.57 Å². The molecule has 5 heteroatoms. The number of benzene rings is 1. The van der Waals surface area contributed by atoms with E-state index in [1.807, 2.05) is 0 Å². The van der Waals surface area contributed by atoms with Crippen molar-refractivity contribution in [2.75, 3.05) is 0 Å². The number of unbranched alkanes of at least 4 members (excludes halogenated alkanes) is 2. The molecule has 2 rings (SSSR count). The summed E-state index contributed by atoms with van der Waals surface area (Å²) in [6.45, 7) is 0.976. The molecule has 0 radical (unpaired) electrons. The average Bonchev–Trinajstić information content (AvgIpc) is 2.72. The van der Waals surface area contributed by atoms with Crippen LogP contribution in [0.3, 0.4) is 0 Å². The molecule has 0 spiro atoms. The van der Waals surface area contributed by atoms with Gasteiger partial charge in [0, 0.05) is 18.9 Å². The summed E-state index contributed by atoms with van der Waals surface area (Å²) >= 11 is 1.75. The zero-order valence-electron chi connectivity index (χ0n) is 10.0. The van der Waals surface area contributed by atoms with E-state index >= 15 is 0 Å². The third-order valence-corrected chi connectivity index (χ3v) is 3.73. The minimum Gasteiger partial charge on any atom is -1.00 e. The second-order valence-corrected chi connectivity index (χ2v) is 4.98. The van der Waals surface area contributed by atoms with Gasteiger partial charge in [-0.1, -0.05) is 23.5 Å². The van der Waals surface area contributed by atoms with Gasteiger partial charge in [-0.25, -0.2) is 0 Å². The first-order valence-corrected chi connectivity index (χ1v) is 6.73. The van der Waals surface area contributed by atoms with Gasteiger partial charge < -0.3 is 22.1 Å². The van der Waals surface area contributed by atoms with Crippen LogP contribution in [-0.2, 0) is 11.3 Å². The molecule has 0 unspecified atom stereocenters. The van der Waals surface area contributed by atoms with Crippen LogP contribution in [0.15, 0.2) is 29.8 Å². The van der Waals surface area contributed by atoms with Gasteiger partial charge in [0.05, 0.1) is 0 Å². The predicted octanol–water partition coefficient (Wildman–Crippen LogP) is -0.162. The first-order chi connectivity index (χ1) is 8.27. The van der Waals surface area contributed by atoms with Gasteiger partial charge in [-0.05, 0) is 18.9 Å². The topological polar surface area (TPSA) is 41.2 Å². The average molecular weight is 330 g/mol. The zero-order chi connectivity index (χ0) is 12.1. The van der Waals surface area contributed by atoms with Gasteiger partial charge in [-0.3, -0.25) is 4.79 Å². The highest BCUT2D eigenvalue weighted by atomic mass is 79.9. The van der Waals surface area contributed by atoms with Gasteiger partial charge in [-0.15, -0.1) is 0 Å². The molecule has 1 heterocycles. The van der Waals surface area contributed by atoms with Crippen LogP contribution >= 0.6 is 11.3 Å². The third kappa shape index (κ3) is 4.07. The molecule has 1 N–H and O–H groups in total. The van der Waals surface area contributed by atoms with E-state index in [2.05, 4.69) is 34.3 Å². The summed E-state index contributed by atoms with van der Waals surface area (Å²) in [5, 5.41) is 8.53. The number of para-hydroxylation sites is 1. The molecule has 18 heavy (non-hydrogen) atoms. The van der Waals surface area contributed by atoms with Crippen LogP contribution in [0.4, 0.5) is 0 Å². The Bertz CT molecular complexity index is 512. The van der Waals surface area contributed by atoms with Gasteiger partial charge in [0.2, 0.25) is 11.0 Å². The van der Waals surface area contributed by atoms with Crippen LogP contribution in [0.2, 0.25) is 0 Å². The zero-order valence-corrected chi connectivity index (χ0v) is 12.4. The van der Waals surface area contributed by atoms with Crippen molar-refractivity contribution >= 4 is 27.5 Å². The maximum atomic E-state index is 10.4. The predicted molar refractivity (Wildman–Crippen MR) is 68.1 cm³/mol. The van der Waals surface area contributed by atoms with Crippen molar-refractivity contribution in [1.82, 2.24) is 0 Å². The maximum absolute atomic E-state index is 10.4.